The molecule has 0 aromatic heterocycles. The molecule has 0 bridgehead atoms. The van der Waals surface area contributed by atoms with Crippen molar-refractivity contribution < 1.29 is 29.9 Å². The van der Waals surface area contributed by atoms with Crippen molar-refractivity contribution in [3.8, 4) is 0 Å². The average molecular weight is 577 g/mol. The lowest BCUT2D eigenvalue weighted by molar-refractivity contribution is -0.313. The van der Waals surface area contributed by atoms with Crippen molar-refractivity contribution in [2.75, 3.05) is 6.61 Å². The molecular weight excluding hydrogens is 516 g/mol. The summed E-state index contributed by atoms with van der Waals surface area (Å²) in [6.45, 7) is 14.5. The van der Waals surface area contributed by atoms with E-state index in [0.717, 1.165) is 60.7 Å². The Bertz CT molecular complexity index is 918. The Morgan fingerprint density at radius 1 is 0.951 bits per heavy atom. The average Bonchev–Trinajstić information content (AvgIpc) is 3.30. The molecule has 4 aliphatic carbocycles. The molecule has 1 heterocycles. The van der Waals surface area contributed by atoms with Crippen molar-refractivity contribution in [2.45, 2.75) is 149 Å². The van der Waals surface area contributed by atoms with Crippen LogP contribution in [0.4, 0.5) is 0 Å². The molecule has 4 fully saturated rings. The summed E-state index contributed by atoms with van der Waals surface area (Å²) >= 11 is 0. The number of aliphatic hydroxyl groups is 4. The van der Waals surface area contributed by atoms with Crippen LogP contribution in [0.5, 0.6) is 0 Å². The van der Waals surface area contributed by atoms with Gasteiger partial charge in [-0.1, -0.05) is 66.0 Å². The van der Waals surface area contributed by atoms with E-state index in [1.54, 1.807) is 0 Å². The maximum atomic E-state index is 10.5. The van der Waals surface area contributed by atoms with E-state index in [2.05, 4.69) is 47.6 Å². The highest BCUT2D eigenvalue weighted by Crippen LogP contribution is 2.67. The summed E-state index contributed by atoms with van der Waals surface area (Å²) in [4.78, 5) is 0. The standard InChI is InChI=1S/C35H60O6/c1-7-22(20(2)3)9-8-21(4)26-12-13-27-25-11-10-23-18-24(14-16-34(23,5)28(25)15-17-35(26,27)6)40-33-32(39)31(38)30(37)29(19-36)41-33/h10,20-22,24-33,36-39H,7-9,11-19H2,1-6H3/t21-,22+,24+,25-,26-,27-,28-,29-,30-,31+,32-,33-,34+,35-/m1/s1. The molecule has 14 atom stereocenters. The first-order valence-corrected chi connectivity index (χ1v) is 17.1. The largest absolute Gasteiger partial charge is 0.394 e. The third-order valence-corrected chi connectivity index (χ3v) is 13.5. The van der Waals surface area contributed by atoms with Crippen LogP contribution in [0.3, 0.4) is 0 Å². The lowest BCUT2D eigenvalue weighted by Crippen LogP contribution is -2.60. The second kappa shape index (κ2) is 12.5. The number of ether oxygens (including phenoxy) is 2. The van der Waals surface area contributed by atoms with E-state index in [9.17, 15) is 20.4 Å². The van der Waals surface area contributed by atoms with Gasteiger partial charge in [0.1, 0.15) is 24.4 Å². The monoisotopic (exact) mass is 576 g/mol. The van der Waals surface area contributed by atoms with Gasteiger partial charge in [0.2, 0.25) is 0 Å². The van der Waals surface area contributed by atoms with Gasteiger partial charge in [0, 0.05) is 0 Å². The number of hydrogen-bond acceptors (Lipinski definition) is 6. The van der Waals surface area contributed by atoms with Crippen LogP contribution >= 0.6 is 0 Å². The van der Waals surface area contributed by atoms with E-state index in [0.29, 0.717) is 5.41 Å². The predicted molar refractivity (Wildman–Crippen MR) is 161 cm³/mol. The predicted octanol–water partition coefficient (Wildman–Crippen LogP) is 5.85. The Kier molecular flexibility index (Phi) is 9.71. The summed E-state index contributed by atoms with van der Waals surface area (Å²) in [6, 6.07) is 0. The summed E-state index contributed by atoms with van der Waals surface area (Å²) in [6.07, 6.45) is 9.92. The van der Waals surface area contributed by atoms with Crippen molar-refractivity contribution >= 4 is 0 Å². The van der Waals surface area contributed by atoms with Crippen LogP contribution in [0.2, 0.25) is 0 Å². The van der Waals surface area contributed by atoms with Crippen molar-refractivity contribution in [1.29, 1.82) is 0 Å². The van der Waals surface area contributed by atoms with Gasteiger partial charge in [-0.05, 0) is 110 Å². The van der Waals surface area contributed by atoms with Crippen molar-refractivity contribution in [3.05, 3.63) is 11.6 Å². The van der Waals surface area contributed by atoms with Crippen LogP contribution in [-0.4, -0.2) is 63.8 Å². The molecular formula is C35H60O6. The van der Waals surface area contributed by atoms with E-state index in [4.69, 9.17) is 9.47 Å². The molecule has 1 saturated heterocycles. The molecule has 3 saturated carbocycles. The minimum Gasteiger partial charge on any atom is -0.394 e. The second-order valence-electron chi connectivity index (χ2n) is 15.7. The number of rotatable bonds is 9. The molecule has 4 N–H and O–H groups in total. The maximum absolute atomic E-state index is 10.5. The SMILES string of the molecule is CC[C@@H](CC[C@@H](C)[C@H]1CC[C@@H]2[C@H]3CC=C4C[C@@H](O[C@@H]5O[C@H](CO)[C@@H](O)[C@H](O)[C@H]5O)CC[C@]4(C)[C@@H]3CC[C@@]21C)C(C)C. The maximum Gasteiger partial charge on any atom is 0.186 e. The fourth-order valence-electron chi connectivity index (χ4n) is 10.8. The molecule has 0 radical (unpaired) electrons. The minimum atomic E-state index is -1.40. The summed E-state index contributed by atoms with van der Waals surface area (Å²) in [5, 5.41) is 40.4. The zero-order chi connectivity index (χ0) is 29.7. The van der Waals surface area contributed by atoms with E-state index < -0.39 is 37.3 Å². The van der Waals surface area contributed by atoms with E-state index in [-0.39, 0.29) is 11.5 Å². The van der Waals surface area contributed by atoms with Crippen LogP contribution in [0.1, 0.15) is 112 Å². The van der Waals surface area contributed by atoms with Crippen LogP contribution in [0, 0.1) is 52.3 Å². The van der Waals surface area contributed by atoms with Gasteiger partial charge in [-0.15, -0.1) is 0 Å². The topological polar surface area (TPSA) is 99.4 Å². The van der Waals surface area contributed by atoms with Gasteiger partial charge >= 0.3 is 0 Å². The zero-order valence-electron chi connectivity index (χ0n) is 26.7. The number of hydrogen-bond donors (Lipinski definition) is 4. The summed E-state index contributed by atoms with van der Waals surface area (Å²) in [7, 11) is 0. The van der Waals surface area contributed by atoms with Crippen LogP contribution < -0.4 is 0 Å². The van der Waals surface area contributed by atoms with Gasteiger partial charge in [0.05, 0.1) is 12.7 Å². The normalized spacial score (nSPS) is 47.7. The fourth-order valence-corrected chi connectivity index (χ4v) is 10.8. The van der Waals surface area contributed by atoms with Gasteiger partial charge in [-0.25, -0.2) is 0 Å². The highest BCUT2D eigenvalue weighted by Gasteiger charge is 2.59. The third kappa shape index (κ3) is 5.73. The molecule has 0 aromatic rings. The molecule has 0 unspecified atom stereocenters. The van der Waals surface area contributed by atoms with E-state index in [1.165, 1.54) is 56.9 Å². The Morgan fingerprint density at radius 2 is 1.71 bits per heavy atom. The second-order valence-corrected chi connectivity index (χ2v) is 15.7. The Hall–Kier alpha value is -0.500. The van der Waals surface area contributed by atoms with Crippen molar-refractivity contribution in [2.24, 2.45) is 52.3 Å². The third-order valence-electron chi connectivity index (χ3n) is 13.5. The molecule has 236 valence electrons. The lowest BCUT2D eigenvalue weighted by atomic mass is 9.47. The molecule has 5 aliphatic rings. The quantitative estimate of drug-likeness (QED) is 0.257. The van der Waals surface area contributed by atoms with Gasteiger partial charge in [0.25, 0.3) is 0 Å². The van der Waals surface area contributed by atoms with Crippen LogP contribution in [0.15, 0.2) is 11.6 Å². The van der Waals surface area contributed by atoms with Gasteiger partial charge in [-0.2, -0.15) is 0 Å². The molecule has 1 aliphatic heterocycles. The van der Waals surface area contributed by atoms with Crippen LogP contribution in [0.25, 0.3) is 0 Å². The number of aliphatic hydroxyl groups excluding tert-OH is 4. The summed E-state index contributed by atoms with van der Waals surface area (Å²) < 4.78 is 11.9. The first-order chi connectivity index (χ1) is 19.4. The molecule has 6 nitrogen and oxygen atoms in total. The first kappa shape index (κ1) is 31.9. The van der Waals surface area contributed by atoms with Gasteiger partial charge in [-0.3, -0.25) is 0 Å². The Labute approximate surface area is 249 Å². The molecule has 0 spiro atoms. The number of allylic oxidation sites excluding steroid dienone is 1. The Balaban J connectivity index is 1.24. The Morgan fingerprint density at radius 3 is 2.39 bits per heavy atom. The lowest BCUT2D eigenvalue weighted by Gasteiger charge is -2.58. The van der Waals surface area contributed by atoms with Crippen molar-refractivity contribution in [1.82, 2.24) is 0 Å². The molecule has 0 aromatic carbocycles. The molecule has 41 heavy (non-hydrogen) atoms. The van der Waals surface area contributed by atoms with E-state index >= 15 is 0 Å². The molecule has 6 heteroatoms. The summed E-state index contributed by atoms with van der Waals surface area (Å²) in [5.74, 6) is 5.66. The highest BCUT2D eigenvalue weighted by atomic mass is 16.7. The minimum absolute atomic E-state index is 0.101. The fraction of sp³-hybridized carbons (Fsp3) is 0.943. The van der Waals surface area contributed by atoms with Gasteiger partial charge in [0.15, 0.2) is 6.29 Å². The highest BCUT2D eigenvalue weighted by molar-refractivity contribution is 5.25. The zero-order valence-corrected chi connectivity index (χ0v) is 26.7. The summed E-state index contributed by atoms with van der Waals surface area (Å²) in [5.41, 5.74) is 2.19. The van der Waals surface area contributed by atoms with Crippen molar-refractivity contribution in [3.63, 3.8) is 0 Å². The van der Waals surface area contributed by atoms with E-state index in [1.807, 2.05) is 0 Å². The smallest absolute Gasteiger partial charge is 0.186 e. The first-order valence-electron chi connectivity index (χ1n) is 17.1. The van der Waals surface area contributed by atoms with Crippen LogP contribution in [-0.2, 0) is 9.47 Å². The molecule has 5 rings (SSSR count). The van der Waals surface area contributed by atoms with Gasteiger partial charge < -0.3 is 29.9 Å². The number of fused-ring (bicyclic) bond motifs is 5. The molecule has 0 amide bonds.